The maximum atomic E-state index is 12.5. The molecule has 5 heteroatoms. The second kappa shape index (κ2) is 6.95. The first-order chi connectivity index (χ1) is 10.0. The third-order valence-electron chi connectivity index (χ3n) is 3.77. The summed E-state index contributed by atoms with van der Waals surface area (Å²) in [7, 11) is 2.07. The summed E-state index contributed by atoms with van der Waals surface area (Å²) < 4.78 is 0. The van der Waals surface area contributed by atoms with Gasteiger partial charge in [-0.2, -0.15) is 0 Å². The van der Waals surface area contributed by atoms with Gasteiger partial charge < -0.3 is 14.9 Å². The first-order valence-corrected chi connectivity index (χ1v) is 7.29. The summed E-state index contributed by atoms with van der Waals surface area (Å²) in [6, 6.07) is 5.46. The van der Waals surface area contributed by atoms with Crippen LogP contribution >= 0.6 is 11.6 Å². The lowest BCUT2D eigenvalue weighted by Gasteiger charge is -2.37. The molecule has 1 N–H and O–H groups in total. The molecular formula is C16H19ClN2O2. The van der Waals surface area contributed by atoms with E-state index in [4.69, 9.17) is 16.7 Å². The zero-order valence-corrected chi connectivity index (χ0v) is 13.0. The summed E-state index contributed by atoms with van der Waals surface area (Å²) in [6.45, 7) is 4.22. The Labute approximate surface area is 130 Å². The minimum Gasteiger partial charge on any atom is -0.384 e. The minimum absolute atomic E-state index is 0.00137. The Kier molecular flexibility index (Phi) is 5.24. The number of aliphatic hydroxyl groups is 1. The normalized spacial score (nSPS) is 19.0. The topological polar surface area (TPSA) is 43.8 Å². The summed E-state index contributed by atoms with van der Waals surface area (Å²) >= 11 is 6.14. The molecule has 1 aromatic carbocycles. The molecule has 21 heavy (non-hydrogen) atoms. The highest BCUT2D eigenvalue weighted by molar-refractivity contribution is 6.32. The van der Waals surface area contributed by atoms with Crippen LogP contribution in [0.1, 0.15) is 22.8 Å². The number of hydrogen-bond donors (Lipinski definition) is 1. The van der Waals surface area contributed by atoms with E-state index in [0.29, 0.717) is 22.2 Å². The van der Waals surface area contributed by atoms with E-state index in [2.05, 4.69) is 30.7 Å². The van der Waals surface area contributed by atoms with Gasteiger partial charge in [0.05, 0.1) is 5.02 Å². The molecule has 2 rings (SSSR count). The van der Waals surface area contributed by atoms with Crippen LogP contribution in [0, 0.1) is 11.8 Å². The van der Waals surface area contributed by atoms with E-state index in [1.54, 1.807) is 18.2 Å². The molecule has 1 aromatic rings. The van der Waals surface area contributed by atoms with Crippen molar-refractivity contribution in [3.8, 4) is 11.8 Å². The van der Waals surface area contributed by atoms with Gasteiger partial charge in [-0.15, -0.1) is 0 Å². The molecule has 1 unspecified atom stereocenters. The van der Waals surface area contributed by atoms with Crippen LogP contribution < -0.4 is 0 Å². The third-order valence-corrected chi connectivity index (χ3v) is 4.08. The fraction of sp³-hybridized carbons (Fsp3) is 0.438. The van der Waals surface area contributed by atoms with Gasteiger partial charge in [0.1, 0.15) is 6.61 Å². The van der Waals surface area contributed by atoms with Gasteiger partial charge in [-0.3, -0.25) is 4.79 Å². The lowest BCUT2D eigenvalue weighted by atomic mass is 10.1. The van der Waals surface area contributed by atoms with Crippen molar-refractivity contribution >= 4 is 17.5 Å². The summed E-state index contributed by atoms with van der Waals surface area (Å²) in [4.78, 5) is 16.6. The molecule has 1 aliphatic rings. The summed E-state index contributed by atoms with van der Waals surface area (Å²) in [5, 5.41) is 9.13. The molecule has 1 fully saturated rings. The number of amides is 1. The SMILES string of the molecule is CC1CN(C(=O)c2ccc(C#CCO)c(Cl)c2)CCN1C. The number of benzene rings is 1. The molecule has 1 saturated heterocycles. The molecule has 0 aromatic heterocycles. The Balaban J connectivity index is 2.15. The lowest BCUT2D eigenvalue weighted by molar-refractivity contribution is 0.0572. The standard InChI is InChI=1S/C16H19ClN2O2/c1-12-11-19(8-7-18(12)2)16(21)14-6-5-13(4-3-9-20)15(17)10-14/h5-6,10,12,20H,7-9,11H2,1-2H3. The molecule has 4 nitrogen and oxygen atoms in total. The van der Waals surface area contributed by atoms with Crippen molar-refractivity contribution in [2.75, 3.05) is 33.3 Å². The predicted molar refractivity (Wildman–Crippen MR) is 83.4 cm³/mol. The van der Waals surface area contributed by atoms with Crippen LogP contribution in [0.5, 0.6) is 0 Å². The zero-order valence-electron chi connectivity index (χ0n) is 12.3. The molecule has 0 spiro atoms. The van der Waals surface area contributed by atoms with E-state index in [-0.39, 0.29) is 12.5 Å². The van der Waals surface area contributed by atoms with Gasteiger partial charge in [-0.25, -0.2) is 0 Å². The number of piperazine rings is 1. The number of hydrogen-bond acceptors (Lipinski definition) is 3. The van der Waals surface area contributed by atoms with Gasteiger partial charge in [-0.05, 0) is 32.2 Å². The van der Waals surface area contributed by atoms with Gasteiger partial charge >= 0.3 is 0 Å². The third kappa shape index (κ3) is 3.76. The smallest absolute Gasteiger partial charge is 0.254 e. The van der Waals surface area contributed by atoms with E-state index >= 15 is 0 Å². The van der Waals surface area contributed by atoms with Crippen molar-refractivity contribution in [3.63, 3.8) is 0 Å². The van der Waals surface area contributed by atoms with Crippen LogP contribution in [0.15, 0.2) is 18.2 Å². The van der Waals surface area contributed by atoms with Crippen molar-refractivity contribution in [3.05, 3.63) is 34.3 Å². The largest absolute Gasteiger partial charge is 0.384 e. The number of halogens is 1. The van der Waals surface area contributed by atoms with Crippen molar-refractivity contribution in [1.82, 2.24) is 9.80 Å². The maximum absolute atomic E-state index is 12.5. The van der Waals surface area contributed by atoms with Crippen molar-refractivity contribution in [2.45, 2.75) is 13.0 Å². The number of likely N-dealkylation sites (N-methyl/N-ethyl adjacent to an activating group) is 1. The lowest BCUT2D eigenvalue weighted by Crippen LogP contribution is -2.52. The highest BCUT2D eigenvalue weighted by atomic mass is 35.5. The van der Waals surface area contributed by atoms with Gasteiger partial charge in [0.25, 0.3) is 5.91 Å². The van der Waals surface area contributed by atoms with Crippen LogP contribution in [0.4, 0.5) is 0 Å². The Bertz CT molecular complexity index is 592. The van der Waals surface area contributed by atoms with Crippen LogP contribution in [-0.2, 0) is 0 Å². The average Bonchev–Trinajstić information content (AvgIpc) is 2.48. The van der Waals surface area contributed by atoms with Gasteiger partial charge in [0, 0.05) is 36.8 Å². The molecule has 0 radical (unpaired) electrons. The van der Waals surface area contributed by atoms with Crippen LogP contribution in [0.3, 0.4) is 0 Å². The monoisotopic (exact) mass is 306 g/mol. The number of nitrogens with zero attached hydrogens (tertiary/aromatic N) is 2. The van der Waals surface area contributed by atoms with E-state index in [1.807, 2.05) is 4.90 Å². The van der Waals surface area contributed by atoms with E-state index in [0.717, 1.165) is 19.6 Å². The molecule has 1 amide bonds. The molecule has 1 heterocycles. The molecular weight excluding hydrogens is 288 g/mol. The number of carbonyl (C=O) groups is 1. The summed E-state index contributed by atoms with van der Waals surface area (Å²) in [5.74, 6) is 5.30. The average molecular weight is 307 g/mol. The predicted octanol–water partition coefficient (Wildman–Crippen LogP) is 1.46. The second-order valence-electron chi connectivity index (χ2n) is 5.24. The molecule has 1 aliphatic heterocycles. The highest BCUT2D eigenvalue weighted by Gasteiger charge is 2.25. The highest BCUT2D eigenvalue weighted by Crippen LogP contribution is 2.19. The Morgan fingerprint density at radius 2 is 2.24 bits per heavy atom. The van der Waals surface area contributed by atoms with E-state index < -0.39 is 0 Å². The molecule has 1 atom stereocenters. The number of aliphatic hydroxyl groups excluding tert-OH is 1. The van der Waals surface area contributed by atoms with Crippen molar-refractivity contribution in [2.24, 2.45) is 0 Å². The van der Waals surface area contributed by atoms with Crippen molar-refractivity contribution < 1.29 is 9.90 Å². The van der Waals surface area contributed by atoms with Crippen LogP contribution in [0.25, 0.3) is 0 Å². The van der Waals surface area contributed by atoms with Gasteiger partial charge in [0.2, 0.25) is 0 Å². The van der Waals surface area contributed by atoms with Gasteiger partial charge in [-0.1, -0.05) is 23.4 Å². The molecule has 0 bridgehead atoms. The zero-order chi connectivity index (χ0) is 15.4. The van der Waals surface area contributed by atoms with Crippen molar-refractivity contribution in [1.29, 1.82) is 0 Å². The quantitative estimate of drug-likeness (QED) is 0.799. The second-order valence-corrected chi connectivity index (χ2v) is 5.64. The van der Waals surface area contributed by atoms with Crippen LogP contribution in [0.2, 0.25) is 5.02 Å². The summed E-state index contributed by atoms with van der Waals surface area (Å²) in [6.07, 6.45) is 0. The van der Waals surface area contributed by atoms with Crippen LogP contribution in [-0.4, -0.2) is 60.1 Å². The fourth-order valence-electron chi connectivity index (χ4n) is 2.30. The van der Waals surface area contributed by atoms with E-state index in [9.17, 15) is 4.79 Å². The molecule has 112 valence electrons. The first-order valence-electron chi connectivity index (χ1n) is 6.91. The minimum atomic E-state index is -0.212. The fourth-order valence-corrected chi connectivity index (χ4v) is 2.53. The summed E-state index contributed by atoms with van der Waals surface area (Å²) in [5.41, 5.74) is 1.19. The van der Waals surface area contributed by atoms with Gasteiger partial charge in [0.15, 0.2) is 0 Å². The molecule has 0 saturated carbocycles. The Morgan fingerprint density at radius 1 is 1.48 bits per heavy atom. The first kappa shape index (κ1) is 15.8. The van der Waals surface area contributed by atoms with E-state index in [1.165, 1.54) is 0 Å². The number of rotatable bonds is 1. The maximum Gasteiger partial charge on any atom is 0.254 e. The number of carbonyl (C=O) groups excluding carboxylic acids is 1. The molecule has 0 aliphatic carbocycles. The Hall–Kier alpha value is -1.54. The Morgan fingerprint density at radius 3 is 2.86 bits per heavy atom.